The number of thiophene rings is 3. The van der Waals surface area contributed by atoms with Crippen molar-refractivity contribution in [3.8, 4) is 20.9 Å². The molecule has 262 valence electrons. The number of hydrogen-bond donors (Lipinski definition) is 4. The van der Waals surface area contributed by atoms with Gasteiger partial charge in [0.2, 0.25) is 0 Å². The number of benzene rings is 4. The molecule has 2 aliphatic rings. The maximum absolute atomic E-state index is 13.6. The van der Waals surface area contributed by atoms with Gasteiger partial charge in [0.1, 0.15) is 0 Å². The van der Waals surface area contributed by atoms with Gasteiger partial charge in [0, 0.05) is 72.4 Å². The highest BCUT2D eigenvalue weighted by atomic mass is 35.5. The van der Waals surface area contributed by atoms with E-state index in [1.54, 1.807) is 35.7 Å². The normalized spacial score (nSPS) is 12.9. The summed E-state index contributed by atoms with van der Waals surface area (Å²) < 4.78 is 1.26. The Hall–Kier alpha value is -4.34. The van der Waals surface area contributed by atoms with Crippen molar-refractivity contribution in [1.29, 1.82) is 0 Å². The van der Waals surface area contributed by atoms with Gasteiger partial charge in [0.05, 0.1) is 32.3 Å². The molecule has 5 heterocycles. The van der Waals surface area contributed by atoms with Crippen LogP contribution in [0.2, 0.25) is 10.0 Å². The van der Waals surface area contributed by atoms with Crippen molar-refractivity contribution in [2.45, 2.75) is 21.3 Å². The van der Waals surface area contributed by atoms with Crippen molar-refractivity contribution >= 4 is 136 Å². The molecule has 0 spiro atoms. The van der Waals surface area contributed by atoms with E-state index in [0.29, 0.717) is 51.5 Å². The number of rotatable bonds is 6. The number of anilines is 2. The summed E-state index contributed by atoms with van der Waals surface area (Å²) in [5.41, 5.74) is 3.87. The number of halogens is 2. The molecule has 0 radical (unpaired) electrons. The number of carboxylic acids is 2. The number of thioether (sulfide) groups is 2. The van der Waals surface area contributed by atoms with Gasteiger partial charge in [-0.15, -0.1) is 57.5 Å². The molecule has 53 heavy (non-hydrogen) atoms. The Kier molecular flexibility index (Phi) is 8.58. The zero-order valence-corrected chi connectivity index (χ0v) is 32.3. The molecule has 0 fully saturated rings. The van der Waals surface area contributed by atoms with E-state index in [9.17, 15) is 29.4 Å². The first-order chi connectivity index (χ1) is 25.5. The molecule has 4 aromatic carbocycles. The molecule has 9 rings (SSSR count). The summed E-state index contributed by atoms with van der Waals surface area (Å²) in [6, 6.07) is 21.1. The predicted molar refractivity (Wildman–Crippen MR) is 218 cm³/mol. The average Bonchev–Trinajstić information content (AvgIpc) is 3.86. The summed E-state index contributed by atoms with van der Waals surface area (Å²) >= 11 is 19.8. The fraction of sp³-hybridized carbons (Fsp3) is 0.0526. The number of nitrogens with one attached hydrogen (secondary N) is 2. The van der Waals surface area contributed by atoms with Crippen molar-refractivity contribution < 1.29 is 29.4 Å². The summed E-state index contributed by atoms with van der Waals surface area (Å²) in [6.07, 6.45) is 0. The van der Waals surface area contributed by atoms with E-state index in [1.165, 1.54) is 46.1 Å². The van der Waals surface area contributed by atoms with Crippen LogP contribution in [-0.4, -0.2) is 34.0 Å². The van der Waals surface area contributed by atoms with Crippen LogP contribution in [0.25, 0.3) is 41.1 Å². The fourth-order valence-corrected chi connectivity index (χ4v) is 12.5. The molecular weight excluding hydrogens is 812 g/mol. The van der Waals surface area contributed by atoms with Crippen LogP contribution in [0.15, 0.2) is 82.6 Å². The minimum absolute atomic E-state index is 0.111. The van der Waals surface area contributed by atoms with Gasteiger partial charge in [0.25, 0.3) is 11.8 Å². The van der Waals surface area contributed by atoms with E-state index in [0.717, 1.165) is 41.8 Å². The molecule has 0 aliphatic carbocycles. The van der Waals surface area contributed by atoms with Crippen LogP contribution in [-0.2, 0) is 11.5 Å². The molecule has 0 bridgehead atoms. The molecule has 4 N–H and O–H groups in total. The molecule has 3 aromatic heterocycles. The van der Waals surface area contributed by atoms with Gasteiger partial charge >= 0.3 is 11.9 Å². The second-order valence-corrected chi connectivity index (χ2v) is 18.3. The average molecular weight is 832 g/mol. The van der Waals surface area contributed by atoms with Crippen LogP contribution in [0.4, 0.5) is 11.4 Å². The third-order valence-electron chi connectivity index (χ3n) is 8.91. The van der Waals surface area contributed by atoms with Gasteiger partial charge in [0.15, 0.2) is 0 Å². The molecule has 0 saturated heterocycles. The minimum Gasteiger partial charge on any atom is -0.478 e. The Morgan fingerprint density at radius 1 is 0.566 bits per heavy atom. The lowest BCUT2D eigenvalue weighted by Crippen LogP contribution is -2.14. The zero-order chi connectivity index (χ0) is 36.7. The Morgan fingerprint density at radius 2 is 1.00 bits per heavy atom. The Bertz CT molecular complexity index is 2600. The first-order valence-electron chi connectivity index (χ1n) is 15.7. The van der Waals surface area contributed by atoms with Crippen LogP contribution >= 0.6 is 80.7 Å². The number of fused-ring (bicyclic) bond motifs is 9. The number of hydrogen-bond acceptors (Lipinski definition) is 9. The van der Waals surface area contributed by atoms with E-state index in [4.69, 9.17) is 23.2 Å². The van der Waals surface area contributed by atoms with Crippen LogP contribution in [0.3, 0.4) is 0 Å². The van der Waals surface area contributed by atoms with Crippen LogP contribution in [0.1, 0.15) is 51.2 Å². The highest BCUT2D eigenvalue weighted by Gasteiger charge is 2.26. The lowest BCUT2D eigenvalue weighted by atomic mass is 10.0. The molecule has 2 aliphatic heterocycles. The number of aromatic carboxylic acids is 2. The van der Waals surface area contributed by atoms with Gasteiger partial charge < -0.3 is 20.8 Å². The molecule has 8 nitrogen and oxygen atoms in total. The third-order valence-corrected chi connectivity index (χ3v) is 15.2. The topological polar surface area (TPSA) is 133 Å². The summed E-state index contributed by atoms with van der Waals surface area (Å²) in [4.78, 5) is 57.1. The van der Waals surface area contributed by atoms with Gasteiger partial charge in [-0.25, -0.2) is 9.59 Å². The maximum atomic E-state index is 13.6. The van der Waals surface area contributed by atoms with Crippen LogP contribution in [0.5, 0.6) is 0 Å². The molecule has 7 aromatic rings. The molecule has 0 atom stereocenters. The maximum Gasteiger partial charge on any atom is 0.337 e. The second kappa shape index (κ2) is 13.2. The quantitative estimate of drug-likeness (QED) is 0.130. The number of carboxylic acid groups (broad SMARTS) is 2. The summed E-state index contributed by atoms with van der Waals surface area (Å²) in [6.45, 7) is 0. The van der Waals surface area contributed by atoms with E-state index in [1.807, 2.05) is 48.5 Å². The molecular formula is C38H20Cl2N2O6S5. The standard InChI is InChI=1S/C38H20Cl2N2O6S5/c39-17-1-3-27-23(7-17)33-15(13-49-27)5-31(52-33)35(43)41-25-11-29-19(9-21(25)37(45)46)20-10-22(38(47)48)26(12-30(20)51-29)42-36(44)32-6-16-14-50-28-4-2-18(40)8-24(28)34(16)53-32/h1-12H,13-14H2,(H,41,43)(H,42,44)(H,45,46)(H,47,48). The van der Waals surface area contributed by atoms with E-state index in [2.05, 4.69) is 10.6 Å². The van der Waals surface area contributed by atoms with Crippen molar-refractivity contribution in [3.05, 3.63) is 115 Å². The first kappa shape index (κ1) is 34.4. The van der Waals surface area contributed by atoms with E-state index >= 15 is 0 Å². The highest BCUT2D eigenvalue weighted by molar-refractivity contribution is 7.99. The van der Waals surface area contributed by atoms with Crippen LogP contribution in [0, 0.1) is 0 Å². The van der Waals surface area contributed by atoms with E-state index in [-0.39, 0.29) is 22.5 Å². The minimum atomic E-state index is -1.25. The lowest BCUT2D eigenvalue weighted by Gasteiger charge is -2.15. The van der Waals surface area contributed by atoms with Gasteiger partial charge in [-0.3, -0.25) is 9.59 Å². The fourth-order valence-electron chi connectivity index (χ4n) is 6.47. The van der Waals surface area contributed by atoms with E-state index < -0.39 is 23.8 Å². The zero-order valence-electron chi connectivity index (χ0n) is 26.7. The Labute approximate surface area is 330 Å². The number of carbonyl (C=O) groups excluding carboxylic acids is 2. The van der Waals surface area contributed by atoms with Gasteiger partial charge in [-0.1, -0.05) is 23.2 Å². The Morgan fingerprint density at radius 3 is 1.42 bits per heavy atom. The molecule has 0 unspecified atom stereocenters. The van der Waals surface area contributed by atoms with Crippen molar-refractivity contribution in [2.24, 2.45) is 0 Å². The van der Waals surface area contributed by atoms with Crippen molar-refractivity contribution in [3.63, 3.8) is 0 Å². The summed E-state index contributed by atoms with van der Waals surface area (Å²) in [7, 11) is 0. The Balaban J connectivity index is 1.04. The van der Waals surface area contributed by atoms with Gasteiger partial charge in [-0.2, -0.15) is 0 Å². The third kappa shape index (κ3) is 6.10. The monoisotopic (exact) mass is 830 g/mol. The number of carbonyl (C=O) groups is 4. The van der Waals surface area contributed by atoms with Crippen molar-refractivity contribution in [1.82, 2.24) is 0 Å². The number of amides is 2. The molecule has 2 amide bonds. The largest absolute Gasteiger partial charge is 0.478 e. The lowest BCUT2D eigenvalue weighted by molar-refractivity contribution is 0.0687. The SMILES string of the molecule is O=C(Nc1cc2sc3cc(NC(=O)c4cc5c(s4)-c4cc(Cl)ccc4SC5)c(C(=O)O)cc3c2cc1C(=O)O)c1cc2c(s1)-c1cc(Cl)ccc1SC2. The molecule has 15 heteroatoms. The smallest absolute Gasteiger partial charge is 0.337 e. The van der Waals surface area contributed by atoms with Crippen LogP contribution < -0.4 is 10.6 Å². The summed E-state index contributed by atoms with van der Waals surface area (Å²) in [5, 5.41) is 28.2. The summed E-state index contributed by atoms with van der Waals surface area (Å²) in [5.74, 6) is -2.01. The second-order valence-electron chi connectivity index (χ2n) is 12.2. The highest BCUT2D eigenvalue weighted by Crippen LogP contribution is 2.48. The first-order valence-corrected chi connectivity index (χ1v) is 20.9. The molecule has 0 saturated carbocycles. The van der Waals surface area contributed by atoms with Crippen molar-refractivity contribution in [2.75, 3.05) is 10.6 Å². The predicted octanol–water partition coefficient (Wildman–Crippen LogP) is 11.9. The van der Waals surface area contributed by atoms with Gasteiger partial charge in [-0.05, 0) is 83.9 Å².